The Kier molecular flexibility index (Phi) is 7.29. The first kappa shape index (κ1) is 22.1. The second-order valence-corrected chi connectivity index (χ2v) is 8.33. The van der Waals surface area contributed by atoms with Crippen molar-refractivity contribution in [3.8, 4) is 0 Å². The van der Waals surface area contributed by atoms with Gasteiger partial charge in [-0.1, -0.05) is 0 Å². The topological polar surface area (TPSA) is 94.2 Å². The van der Waals surface area contributed by atoms with E-state index in [1.54, 1.807) is 48.5 Å². The lowest BCUT2D eigenvalue weighted by Crippen LogP contribution is -2.56. The van der Waals surface area contributed by atoms with Gasteiger partial charge in [0, 0.05) is 19.1 Å². The fourth-order valence-corrected chi connectivity index (χ4v) is 2.56. The van der Waals surface area contributed by atoms with Gasteiger partial charge >= 0.3 is 18.2 Å². The molecule has 8 heteroatoms. The van der Waals surface area contributed by atoms with Crippen molar-refractivity contribution in [2.45, 2.75) is 72.1 Å². The first-order valence-corrected chi connectivity index (χ1v) is 8.96. The van der Waals surface area contributed by atoms with E-state index < -0.39 is 41.3 Å². The quantitative estimate of drug-likeness (QED) is 0.605. The summed E-state index contributed by atoms with van der Waals surface area (Å²) < 4.78 is 15.7. The zero-order valence-electron chi connectivity index (χ0n) is 16.9. The number of esters is 1. The molecule has 1 fully saturated rings. The van der Waals surface area contributed by atoms with Gasteiger partial charge in [0.2, 0.25) is 0 Å². The summed E-state index contributed by atoms with van der Waals surface area (Å²) in [5.41, 5.74) is -1.26. The molecule has 0 spiro atoms. The summed E-state index contributed by atoms with van der Waals surface area (Å²) in [6, 6.07) is -0.470. The number of likely N-dealkylation sites (tertiary alicyclic amines) is 1. The van der Waals surface area contributed by atoms with Crippen molar-refractivity contribution in [2.75, 3.05) is 19.7 Å². The molecule has 0 saturated carbocycles. The number of nitrogens with one attached hydrogen (secondary N) is 1. The van der Waals surface area contributed by atoms with Crippen molar-refractivity contribution in [3.63, 3.8) is 0 Å². The zero-order valence-corrected chi connectivity index (χ0v) is 16.9. The number of amides is 2. The van der Waals surface area contributed by atoms with Gasteiger partial charge in [0.1, 0.15) is 11.2 Å². The van der Waals surface area contributed by atoms with Crippen molar-refractivity contribution in [3.05, 3.63) is 0 Å². The molecule has 2 amide bonds. The third kappa shape index (κ3) is 7.49. The van der Waals surface area contributed by atoms with E-state index in [9.17, 15) is 14.4 Å². The van der Waals surface area contributed by atoms with E-state index in [2.05, 4.69) is 5.32 Å². The molecule has 0 aromatic carbocycles. The molecule has 8 nitrogen and oxygen atoms in total. The minimum atomic E-state index is -0.677. The van der Waals surface area contributed by atoms with Crippen LogP contribution in [0.15, 0.2) is 0 Å². The van der Waals surface area contributed by atoms with Gasteiger partial charge in [-0.15, -0.1) is 0 Å². The SMILES string of the molecule is CCOC(=O)C1CN(C(=O)OC(C)(C)C)CCC1NC(=O)OC(C)(C)C. The average molecular weight is 372 g/mol. The van der Waals surface area contributed by atoms with E-state index in [1.807, 2.05) is 0 Å². The van der Waals surface area contributed by atoms with Gasteiger partial charge in [-0.05, 0) is 54.9 Å². The molecule has 1 saturated heterocycles. The third-order valence-corrected chi connectivity index (χ3v) is 3.56. The molecule has 150 valence electrons. The smallest absolute Gasteiger partial charge is 0.410 e. The molecule has 1 rings (SSSR count). The Hall–Kier alpha value is -1.99. The van der Waals surface area contributed by atoms with Crippen molar-refractivity contribution >= 4 is 18.2 Å². The highest BCUT2D eigenvalue weighted by Gasteiger charge is 2.39. The maximum Gasteiger partial charge on any atom is 0.410 e. The molecule has 0 bridgehead atoms. The van der Waals surface area contributed by atoms with Crippen LogP contribution < -0.4 is 5.32 Å². The number of carbonyl (C=O) groups is 3. The van der Waals surface area contributed by atoms with Gasteiger partial charge in [0.05, 0.1) is 12.5 Å². The van der Waals surface area contributed by atoms with Crippen molar-refractivity contribution < 1.29 is 28.6 Å². The number of ether oxygens (including phenoxy) is 3. The van der Waals surface area contributed by atoms with Crippen LogP contribution in [0.25, 0.3) is 0 Å². The maximum atomic E-state index is 12.3. The number of alkyl carbamates (subject to hydrolysis) is 1. The van der Waals surface area contributed by atoms with Crippen LogP contribution in [-0.4, -0.2) is 60.0 Å². The van der Waals surface area contributed by atoms with Crippen LogP contribution in [0.4, 0.5) is 9.59 Å². The second-order valence-electron chi connectivity index (χ2n) is 8.33. The monoisotopic (exact) mass is 372 g/mol. The molecule has 0 aromatic rings. The van der Waals surface area contributed by atoms with Crippen molar-refractivity contribution in [2.24, 2.45) is 5.92 Å². The van der Waals surface area contributed by atoms with Crippen molar-refractivity contribution in [1.82, 2.24) is 10.2 Å². The molecule has 2 unspecified atom stereocenters. The number of nitrogens with zero attached hydrogens (tertiary/aromatic N) is 1. The van der Waals surface area contributed by atoms with Gasteiger partial charge < -0.3 is 24.4 Å². The lowest BCUT2D eigenvalue weighted by molar-refractivity contribution is -0.150. The van der Waals surface area contributed by atoms with Gasteiger partial charge in [-0.3, -0.25) is 4.79 Å². The van der Waals surface area contributed by atoms with Crippen LogP contribution >= 0.6 is 0 Å². The molecule has 0 radical (unpaired) electrons. The Balaban J connectivity index is 2.82. The van der Waals surface area contributed by atoms with Crippen LogP contribution in [0.1, 0.15) is 54.9 Å². The standard InChI is InChI=1S/C18H32N2O6/c1-8-24-14(21)12-11-20(16(23)26-18(5,6)7)10-9-13(12)19-15(22)25-17(2,3)4/h12-13H,8-11H2,1-7H3,(H,19,22). The molecule has 1 N–H and O–H groups in total. The Bertz CT molecular complexity index is 521. The Morgan fingerprint density at radius 2 is 1.62 bits per heavy atom. The number of carbonyl (C=O) groups excluding carboxylic acids is 3. The van der Waals surface area contributed by atoms with E-state index >= 15 is 0 Å². The lowest BCUT2D eigenvalue weighted by Gasteiger charge is -2.38. The fraction of sp³-hybridized carbons (Fsp3) is 0.833. The first-order valence-electron chi connectivity index (χ1n) is 8.96. The number of piperidine rings is 1. The Morgan fingerprint density at radius 3 is 2.12 bits per heavy atom. The summed E-state index contributed by atoms with van der Waals surface area (Å²) in [6.45, 7) is 13.1. The highest BCUT2D eigenvalue weighted by Crippen LogP contribution is 2.22. The molecule has 2 atom stereocenters. The highest BCUT2D eigenvalue weighted by molar-refractivity contribution is 5.77. The minimum absolute atomic E-state index is 0.119. The molecule has 1 aliphatic rings. The molecular formula is C18H32N2O6. The van der Waals surface area contributed by atoms with Crippen LogP contribution in [-0.2, 0) is 19.0 Å². The van der Waals surface area contributed by atoms with Crippen LogP contribution in [0, 0.1) is 5.92 Å². The molecule has 1 heterocycles. The van der Waals surface area contributed by atoms with E-state index in [0.717, 1.165) is 0 Å². The molecule has 26 heavy (non-hydrogen) atoms. The summed E-state index contributed by atoms with van der Waals surface area (Å²) in [5.74, 6) is -1.13. The van der Waals surface area contributed by atoms with E-state index in [-0.39, 0.29) is 13.2 Å². The average Bonchev–Trinajstić information content (AvgIpc) is 2.43. The highest BCUT2D eigenvalue weighted by atomic mass is 16.6. The normalized spacial score (nSPS) is 21.0. The third-order valence-electron chi connectivity index (χ3n) is 3.56. The predicted molar refractivity (Wildman–Crippen MR) is 95.7 cm³/mol. The molecule has 1 aliphatic heterocycles. The largest absolute Gasteiger partial charge is 0.466 e. The summed E-state index contributed by atoms with van der Waals surface area (Å²) in [7, 11) is 0. The van der Waals surface area contributed by atoms with Crippen LogP contribution in [0.3, 0.4) is 0 Å². The van der Waals surface area contributed by atoms with Gasteiger partial charge in [-0.2, -0.15) is 0 Å². The molecule has 0 aromatic heterocycles. The van der Waals surface area contributed by atoms with Gasteiger partial charge in [0.25, 0.3) is 0 Å². The fourth-order valence-electron chi connectivity index (χ4n) is 2.56. The Labute approximate surface area is 155 Å². The van der Waals surface area contributed by atoms with E-state index in [1.165, 1.54) is 4.90 Å². The lowest BCUT2D eigenvalue weighted by atomic mass is 9.92. The predicted octanol–water partition coefficient (Wildman–Crippen LogP) is 2.70. The zero-order chi connectivity index (χ0) is 20.1. The number of hydrogen-bond donors (Lipinski definition) is 1. The summed E-state index contributed by atoms with van der Waals surface area (Å²) in [6.07, 6.45) is -0.674. The van der Waals surface area contributed by atoms with Crippen LogP contribution in [0.2, 0.25) is 0 Å². The number of hydrogen-bond acceptors (Lipinski definition) is 6. The van der Waals surface area contributed by atoms with Gasteiger partial charge in [0.15, 0.2) is 0 Å². The summed E-state index contributed by atoms with van der Waals surface area (Å²) >= 11 is 0. The molecular weight excluding hydrogens is 340 g/mol. The summed E-state index contributed by atoms with van der Waals surface area (Å²) in [4.78, 5) is 38.2. The minimum Gasteiger partial charge on any atom is -0.466 e. The summed E-state index contributed by atoms with van der Waals surface area (Å²) in [5, 5.41) is 2.73. The first-order chi connectivity index (χ1) is 11.8. The van der Waals surface area contributed by atoms with Crippen molar-refractivity contribution in [1.29, 1.82) is 0 Å². The maximum absolute atomic E-state index is 12.3. The van der Waals surface area contributed by atoms with Gasteiger partial charge in [-0.25, -0.2) is 9.59 Å². The second kappa shape index (κ2) is 8.60. The molecule has 0 aliphatic carbocycles. The van der Waals surface area contributed by atoms with E-state index in [4.69, 9.17) is 14.2 Å². The van der Waals surface area contributed by atoms with E-state index in [0.29, 0.717) is 13.0 Å². The van der Waals surface area contributed by atoms with Crippen LogP contribution in [0.5, 0.6) is 0 Å². The number of rotatable bonds is 3. The Morgan fingerprint density at radius 1 is 1.04 bits per heavy atom.